The number of anilines is 1. The van der Waals surface area contributed by atoms with Crippen LogP contribution in [0.15, 0.2) is 47.5 Å². The highest BCUT2D eigenvalue weighted by molar-refractivity contribution is 7.89. The van der Waals surface area contributed by atoms with E-state index in [0.717, 1.165) is 6.07 Å². The van der Waals surface area contributed by atoms with Crippen molar-refractivity contribution in [1.82, 2.24) is 4.98 Å². The summed E-state index contributed by atoms with van der Waals surface area (Å²) in [7, 11) is -4.12. The van der Waals surface area contributed by atoms with Crippen molar-refractivity contribution >= 4 is 44.0 Å². The van der Waals surface area contributed by atoms with Crippen LogP contribution in [0.25, 0.3) is 10.8 Å². The van der Waals surface area contributed by atoms with Gasteiger partial charge >= 0.3 is 0 Å². The molecule has 0 fully saturated rings. The number of nitrogens with two attached hydrogens (primary N) is 1. The van der Waals surface area contributed by atoms with Crippen LogP contribution in [0.2, 0.25) is 5.02 Å². The Morgan fingerprint density at radius 3 is 2.64 bits per heavy atom. The molecule has 0 atom stereocenters. The third-order valence-corrected chi connectivity index (χ3v) is 5.34. The van der Waals surface area contributed by atoms with Gasteiger partial charge in [-0.05, 0) is 42.0 Å². The van der Waals surface area contributed by atoms with E-state index in [9.17, 15) is 22.7 Å². The molecule has 146 valence electrons. The SMILES string of the molecule is NS(=O)(=O)c1cc(NC(=O)Cc2cc(F)ccc2Cl)cc2c(CO)nccc12. The third kappa shape index (κ3) is 4.28. The molecule has 1 aromatic heterocycles. The van der Waals surface area contributed by atoms with Crippen LogP contribution in [0.5, 0.6) is 0 Å². The number of halogens is 2. The highest BCUT2D eigenvalue weighted by Crippen LogP contribution is 2.29. The smallest absolute Gasteiger partial charge is 0.238 e. The van der Waals surface area contributed by atoms with Crippen molar-refractivity contribution in [1.29, 1.82) is 0 Å². The zero-order valence-electron chi connectivity index (χ0n) is 14.3. The van der Waals surface area contributed by atoms with Gasteiger partial charge in [0.05, 0.1) is 23.6 Å². The van der Waals surface area contributed by atoms with Gasteiger partial charge in [-0.1, -0.05) is 11.6 Å². The third-order valence-electron chi connectivity index (χ3n) is 4.02. The van der Waals surface area contributed by atoms with Crippen molar-refractivity contribution in [2.45, 2.75) is 17.9 Å². The molecule has 3 rings (SSSR count). The molecule has 0 spiro atoms. The predicted octanol–water partition coefficient (Wildman–Crippen LogP) is 2.35. The molecule has 10 heteroatoms. The summed E-state index contributed by atoms with van der Waals surface area (Å²) in [6.07, 6.45) is 1.13. The number of hydrogen-bond acceptors (Lipinski definition) is 5. The number of benzene rings is 2. The van der Waals surface area contributed by atoms with Gasteiger partial charge in [-0.15, -0.1) is 0 Å². The van der Waals surface area contributed by atoms with Gasteiger partial charge < -0.3 is 10.4 Å². The first-order chi connectivity index (χ1) is 13.2. The Morgan fingerprint density at radius 2 is 1.96 bits per heavy atom. The molecule has 0 aliphatic heterocycles. The molecule has 0 unspecified atom stereocenters. The van der Waals surface area contributed by atoms with Gasteiger partial charge in [0.1, 0.15) is 5.82 Å². The first kappa shape index (κ1) is 20.2. The van der Waals surface area contributed by atoms with E-state index in [0.29, 0.717) is 5.39 Å². The van der Waals surface area contributed by atoms with Crippen molar-refractivity contribution in [2.24, 2.45) is 5.14 Å². The number of nitrogens with zero attached hydrogens (tertiary/aromatic N) is 1. The van der Waals surface area contributed by atoms with E-state index >= 15 is 0 Å². The van der Waals surface area contributed by atoms with Crippen molar-refractivity contribution < 1.29 is 22.7 Å². The van der Waals surface area contributed by atoms with Gasteiger partial charge in [-0.25, -0.2) is 17.9 Å². The molecule has 0 aliphatic rings. The number of aliphatic hydroxyl groups excluding tert-OH is 1. The van der Waals surface area contributed by atoms with Crippen LogP contribution in [-0.2, 0) is 27.8 Å². The number of nitrogens with one attached hydrogen (secondary N) is 1. The summed E-state index contributed by atoms with van der Waals surface area (Å²) in [6.45, 7) is -0.433. The monoisotopic (exact) mass is 423 g/mol. The quantitative estimate of drug-likeness (QED) is 0.581. The zero-order valence-corrected chi connectivity index (χ0v) is 15.9. The minimum atomic E-state index is -4.12. The van der Waals surface area contributed by atoms with Crippen molar-refractivity contribution in [3.8, 4) is 0 Å². The van der Waals surface area contributed by atoms with Crippen LogP contribution in [-0.4, -0.2) is 24.4 Å². The van der Waals surface area contributed by atoms with Crippen molar-refractivity contribution in [2.75, 3.05) is 5.32 Å². The Morgan fingerprint density at radius 1 is 1.21 bits per heavy atom. The summed E-state index contributed by atoms with van der Waals surface area (Å²) < 4.78 is 37.3. The highest BCUT2D eigenvalue weighted by atomic mass is 35.5. The number of aromatic nitrogens is 1. The number of pyridine rings is 1. The Labute approximate surface area is 165 Å². The topological polar surface area (TPSA) is 122 Å². The summed E-state index contributed by atoms with van der Waals surface area (Å²) in [5.74, 6) is -1.07. The number of rotatable bonds is 5. The molecule has 3 aromatic rings. The summed E-state index contributed by atoms with van der Waals surface area (Å²) in [6, 6.07) is 7.80. The number of carbonyl (C=O) groups excluding carboxylic acids is 1. The van der Waals surface area contributed by atoms with Gasteiger partial charge in [0.25, 0.3) is 0 Å². The molecule has 2 aromatic carbocycles. The molecule has 0 aliphatic carbocycles. The standard InChI is InChI=1S/C18H15ClFN3O4S/c19-15-2-1-11(20)5-10(15)6-18(25)23-12-7-14-13(3-4-22-16(14)9-24)17(8-12)28(21,26)27/h1-5,7-8,24H,6,9H2,(H,23,25)(H2,21,26,27). The first-order valence-corrected chi connectivity index (χ1v) is 9.90. The van der Waals surface area contributed by atoms with E-state index in [1.54, 1.807) is 0 Å². The van der Waals surface area contributed by atoms with Crippen LogP contribution in [0.4, 0.5) is 10.1 Å². The van der Waals surface area contributed by atoms with E-state index < -0.39 is 28.4 Å². The number of amides is 1. The molecule has 1 heterocycles. The first-order valence-electron chi connectivity index (χ1n) is 7.98. The highest BCUT2D eigenvalue weighted by Gasteiger charge is 2.18. The average Bonchev–Trinajstić information content (AvgIpc) is 2.62. The van der Waals surface area contributed by atoms with Crippen molar-refractivity contribution in [3.63, 3.8) is 0 Å². The van der Waals surface area contributed by atoms with E-state index in [2.05, 4.69) is 10.3 Å². The number of fused-ring (bicyclic) bond motifs is 1. The summed E-state index contributed by atoms with van der Waals surface area (Å²) >= 11 is 5.97. The maximum atomic E-state index is 13.4. The van der Waals surface area contributed by atoms with Crippen molar-refractivity contribution in [3.05, 3.63) is 64.7 Å². The fourth-order valence-corrected chi connectivity index (χ4v) is 3.76. The van der Waals surface area contributed by atoms with Gasteiger partial charge in [-0.3, -0.25) is 9.78 Å². The van der Waals surface area contributed by atoms with Gasteiger partial charge in [-0.2, -0.15) is 0 Å². The fraction of sp³-hybridized carbons (Fsp3) is 0.111. The molecule has 0 saturated heterocycles. The second kappa shape index (κ2) is 7.80. The predicted molar refractivity (Wildman–Crippen MR) is 103 cm³/mol. The van der Waals surface area contributed by atoms with Gasteiger partial charge in [0.15, 0.2) is 0 Å². The molecule has 7 nitrogen and oxygen atoms in total. The molecule has 28 heavy (non-hydrogen) atoms. The minimum Gasteiger partial charge on any atom is -0.390 e. The Hall–Kier alpha value is -2.59. The molecule has 0 bridgehead atoms. The van der Waals surface area contributed by atoms with Gasteiger partial charge in [0.2, 0.25) is 15.9 Å². The lowest BCUT2D eigenvalue weighted by atomic mass is 10.1. The van der Waals surface area contributed by atoms with Gasteiger partial charge in [0, 0.05) is 27.7 Å². The molecular formula is C18H15ClFN3O4S. The van der Waals surface area contributed by atoms with E-state index in [1.165, 1.54) is 36.5 Å². The van der Waals surface area contributed by atoms with Crippen LogP contribution >= 0.6 is 11.6 Å². The molecule has 1 amide bonds. The Bertz CT molecular complexity index is 1180. The van der Waals surface area contributed by atoms with E-state index in [4.69, 9.17) is 16.7 Å². The van der Waals surface area contributed by atoms with E-state index in [-0.39, 0.29) is 38.7 Å². The maximum Gasteiger partial charge on any atom is 0.238 e. The van der Waals surface area contributed by atoms with Crippen LogP contribution in [0.1, 0.15) is 11.3 Å². The average molecular weight is 424 g/mol. The van der Waals surface area contributed by atoms with Crippen LogP contribution in [0.3, 0.4) is 0 Å². The molecule has 0 radical (unpaired) electrons. The Kier molecular flexibility index (Phi) is 5.61. The largest absolute Gasteiger partial charge is 0.390 e. The molecule has 0 saturated carbocycles. The number of sulfonamides is 1. The number of primary sulfonamides is 1. The normalized spacial score (nSPS) is 11.6. The number of carbonyl (C=O) groups is 1. The lowest BCUT2D eigenvalue weighted by Gasteiger charge is -2.12. The van der Waals surface area contributed by atoms with E-state index in [1.807, 2.05) is 0 Å². The summed E-state index contributed by atoms with van der Waals surface area (Å²) in [5.41, 5.74) is 0.646. The zero-order chi connectivity index (χ0) is 20.5. The van der Waals surface area contributed by atoms with Crippen LogP contribution < -0.4 is 10.5 Å². The summed E-state index contributed by atoms with van der Waals surface area (Å²) in [5, 5.41) is 18.1. The molecular weight excluding hydrogens is 409 g/mol. The summed E-state index contributed by atoms with van der Waals surface area (Å²) in [4.78, 5) is 16.1. The lowest BCUT2D eigenvalue weighted by molar-refractivity contribution is -0.115. The Balaban J connectivity index is 2.01. The lowest BCUT2D eigenvalue weighted by Crippen LogP contribution is -2.17. The fourth-order valence-electron chi connectivity index (χ4n) is 2.80. The second-order valence-electron chi connectivity index (χ2n) is 5.99. The van der Waals surface area contributed by atoms with Crippen LogP contribution in [0, 0.1) is 5.82 Å². The minimum absolute atomic E-state index is 0.136. The maximum absolute atomic E-state index is 13.4. The second-order valence-corrected chi connectivity index (χ2v) is 7.93. The number of hydrogen-bond donors (Lipinski definition) is 3. The number of aliphatic hydroxyl groups is 1. The molecule has 4 N–H and O–H groups in total.